The Kier molecular flexibility index (Phi) is 7.52. The number of carbonyl (C=O) groups is 1. The number of carbonyl (C=O) groups excluding carboxylic acids is 1. The van der Waals surface area contributed by atoms with E-state index in [1.807, 2.05) is 18.3 Å². The van der Waals surface area contributed by atoms with Crippen molar-refractivity contribution >= 4 is 56.6 Å². The van der Waals surface area contributed by atoms with Gasteiger partial charge >= 0.3 is 0 Å². The van der Waals surface area contributed by atoms with Crippen LogP contribution in [0.2, 0.25) is 0 Å². The van der Waals surface area contributed by atoms with Crippen LogP contribution in [-0.2, 0) is 4.79 Å². The molecule has 0 saturated heterocycles. The van der Waals surface area contributed by atoms with E-state index in [-0.39, 0.29) is 45.8 Å². The molecule has 2 heterocycles. The van der Waals surface area contributed by atoms with Gasteiger partial charge in [-0.05, 0) is 50.3 Å². The highest BCUT2D eigenvalue weighted by Crippen LogP contribution is 2.29. The number of nitrogens with zero attached hydrogens (tertiary/aromatic N) is 1. The Hall–Kier alpha value is -0.920. The number of amides is 1. The van der Waals surface area contributed by atoms with E-state index in [1.165, 1.54) is 0 Å². The molecule has 0 spiro atoms. The van der Waals surface area contributed by atoms with Crippen LogP contribution >= 0.6 is 34.0 Å². The van der Waals surface area contributed by atoms with Gasteiger partial charge in [0, 0.05) is 23.7 Å². The number of hydrogen-bond donors (Lipinski definition) is 3. The molecule has 3 rings (SSSR count). The summed E-state index contributed by atoms with van der Waals surface area (Å²) in [6, 6.07) is 3.78. The zero-order valence-corrected chi connectivity index (χ0v) is 15.7. The molecule has 0 aromatic carbocycles. The molecule has 4 N–H and O–H groups in total. The quantitative estimate of drug-likeness (QED) is 0.693. The zero-order chi connectivity index (χ0) is 13.9. The topological polar surface area (TPSA) is 83.8 Å². The van der Waals surface area contributed by atoms with Gasteiger partial charge in [0.15, 0.2) is 0 Å². The second-order valence-electron chi connectivity index (χ2n) is 5.54. The van der Waals surface area contributed by atoms with Gasteiger partial charge in [0.2, 0.25) is 5.91 Å². The van der Waals surface area contributed by atoms with Crippen LogP contribution in [0.4, 0.5) is 5.69 Å². The Morgan fingerprint density at radius 3 is 2.68 bits per heavy atom. The highest BCUT2D eigenvalue weighted by atomic mass is 79.9. The molecule has 22 heavy (non-hydrogen) atoms. The number of H-pyrrole nitrogens is 1. The van der Waals surface area contributed by atoms with Gasteiger partial charge in [0.25, 0.3) is 0 Å². The van der Waals surface area contributed by atoms with E-state index in [0.29, 0.717) is 5.92 Å². The number of aromatic nitrogens is 2. The smallest absolute Gasteiger partial charge is 0.227 e. The molecule has 7 heteroatoms. The summed E-state index contributed by atoms with van der Waals surface area (Å²) >= 11 is 0. The monoisotopic (exact) mass is 432 g/mol. The third kappa shape index (κ3) is 4.08. The van der Waals surface area contributed by atoms with Gasteiger partial charge in [0.05, 0.1) is 5.69 Å². The number of pyridine rings is 1. The summed E-state index contributed by atoms with van der Waals surface area (Å²) in [6.07, 6.45) is 7.54. The summed E-state index contributed by atoms with van der Waals surface area (Å²) in [4.78, 5) is 19.6. The second kappa shape index (κ2) is 8.64. The lowest BCUT2D eigenvalue weighted by Gasteiger charge is -2.26. The number of nitrogens with one attached hydrogen (secondary N) is 2. The van der Waals surface area contributed by atoms with Gasteiger partial charge in [-0.2, -0.15) is 0 Å². The molecule has 1 aliphatic rings. The van der Waals surface area contributed by atoms with Gasteiger partial charge in [-0.3, -0.25) is 4.79 Å². The van der Waals surface area contributed by atoms with Gasteiger partial charge < -0.3 is 16.0 Å². The first kappa shape index (κ1) is 19.1. The Labute approximate surface area is 151 Å². The van der Waals surface area contributed by atoms with Crippen LogP contribution in [0.1, 0.15) is 25.7 Å². The lowest BCUT2D eigenvalue weighted by atomic mass is 9.81. The normalized spacial score (nSPS) is 20.8. The molecule has 122 valence electrons. The van der Waals surface area contributed by atoms with Crippen LogP contribution in [0.25, 0.3) is 11.0 Å². The fourth-order valence-corrected chi connectivity index (χ4v) is 2.97. The summed E-state index contributed by atoms with van der Waals surface area (Å²) in [5.74, 6) is 0.825. The Morgan fingerprint density at radius 2 is 2.00 bits per heavy atom. The lowest BCUT2D eigenvalue weighted by molar-refractivity contribution is -0.121. The van der Waals surface area contributed by atoms with Crippen molar-refractivity contribution in [1.82, 2.24) is 9.97 Å². The first-order valence-corrected chi connectivity index (χ1v) is 7.21. The molecule has 5 nitrogen and oxygen atoms in total. The van der Waals surface area contributed by atoms with Crippen molar-refractivity contribution in [2.24, 2.45) is 17.6 Å². The van der Waals surface area contributed by atoms with Gasteiger partial charge in [0.1, 0.15) is 5.65 Å². The van der Waals surface area contributed by atoms with E-state index < -0.39 is 0 Å². The van der Waals surface area contributed by atoms with Crippen LogP contribution < -0.4 is 11.1 Å². The van der Waals surface area contributed by atoms with Crippen molar-refractivity contribution in [3.8, 4) is 0 Å². The summed E-state index contributed by atoms with van der Waals surface area (Å²) in [6.45, 7) is 0.739. The molecule has 0 aliphatic heterocycles. The van der Waals surface area contributed by atoms with Gasteiger partial charge in [-0.1, -0.05) is 0 Å². The predicted octanol–water partition coefficient (Wildman–Crippen LogP) is 3.42. The van der Waals surface area contributed by atoms with Crippen LogP contribution in [0.5, 0.6) is 0 Å². The molecular formula is C15H22Br2N4O. The van der Waals surface area contributed by atoms with E-state index in [4.69, 9.17) is 5.73 Å². The molecule has 1 saturated carbocycles. The second-order valence-corrected chi connectivity index (χ2v) is 5.54. The Morgan fingerprint density at radius 1 is 1.27 bits per heavy atom. The van der Waals surface area contributed by atoms with Crippen molar-refractivity contribution in [3.63, 3.8) is 0 Å². The number of nitrogens with two attached hydrogens (primary N) is 1. The van der Waals surface area contributed by atoms with Crippen LogP contribution in [-0.4, -0.2) is 22.4 Å². The summed E-state index contributed by atoms with van der Waals surface area (Å²) < 4.78 is 0. The number of fused-ring (bicyclic) bond motifs is 1. The number of halogens is 2. The minimum Gasteiger partial charge on any atom is -0.346 e. The van der Waals surface area contributed by atoms with Crippen molar-refractivity contribution < 1.29 is 4.79 Å². The SMILES string of the molecule is Br.Br.NCC1CCC(C(=O)Nc2ccnc3[nH]ccc23)CC1. The van der Waals surface area contributed by atoms with Gasteiger partial charge in [-0.15, -0.1) is 34.0 Å². The first-order chi connectivity index (χ1) is 9.78. The lowest BCUT2D eigenvalue weighted by Crippen LogP contribution is -2.29. The molecule has 2 aromatic heterocycles. The van der Waals surface area contributed by atoms with Gasteiger partial charge in [-0.25, -0.2) is 4.98 Å². The molecule has 0 radical (unpaired) electrons. The van der Waals surface area contributed by atoms with Crippen LogP contribution in [0.15, 0.2) is 24.5 Å². The minimum atomic E-state index is 0. The van der Waals surface area contributed by atoms with Crippen molar-refractivity contribution in [1.29, 1.82) is 0 Å². The summed E-state index contributed by atoms with van der Waals surface area (Å²) in [5, 5.41) is 4.00. The molecular weight excluding hydrogens is 412 g/mol. The predicted molar refractivity (Wildman–Crippen MR) is 99.9 cm³/mol. The highest BCUT2D eigenvalue weighted by molar-refractivity contribution is 8.93. The highest BCUT2D eigenvalue weighted by Gasteiger charge is 2.25. The van der Waals surface area contributed by atoms with Crippen LogP contribution in [0.3, 0.4) is 0 Å². The standard InChI is InChI=1S/C15H20N4O.2BrH/c16-9-10-1-3-11(4-2-10)15(20)19-13-6-8-18-14-12(13)5-7-17-14;;/h5-8,10-11H,1-4,9,16H2,(H2,17,18,19,20);2*1H. The maximum Gasteiger partial charge on any atom is 0.227 e. The minimum absolute atomic E-state index is 0. The fraction of sp³-hybridized carbons (Fsp3) is 0.467. The number of hydrogen-bond acceptors (Lipinski definition) is 3. The summed E-state index contributed by atoms with van der Waals surface area (Å²) in [5.41, 5.74) is 7.32. The average Bonchev–Trinajstić information content (AvgIpc) is 2.97. The van der Waals surface area contributed by atoms with E-state index in [1.54, 1.807) is 6.20 Å². The maximum absolute atomic E-state index is 12.4. The van der Waals surface area contributed by atoms with E-state index in [0.717, 1.165) is 48.9 Å². The van der Waals surface area contributed by atoms with E-state index >= 15 is 0 Å². The number of anilines is 1. The van der Waals surface area contributed by atoms with Crippen molar-refractivity contribution in [2.75, 3.05) is 11.9 Å². The first-order valence-electron chi connectivity index (χ1n) is 7.21. The number of aromatic amines is 1. The average molecular weight is 434 g/mol. The van der Waals surface area contributed by atoms with Crippen LogP contribution in [0, 0.1) is 11.8 Å². The third-order valence-corrected chi connectivity index (χ3v) is 4.27. The van der Waals surface area contributed by atoms with E-state index in [9.17, 15) is 4.79 Å². The fourth-order valence-electron chi connectivity index (χ4n) is 2.97. The Bertz CT molecular complexity index is 608. The van der Waals surface area contributed by atoms with Crippen molar-refractivity contribution in [3.05, 3.63) is 24.5 Å². The molecule has 1 amide bonds. The zero-order valence-electron chi connectivity index (χ0n) is 12.2. The molecule has 1 fully saturated rings. The molecule has 1 aliphatic carbocycles. The summed E-state index contributed by atoms with van der Waals surface area (Å²) in [7, 11) is 0. The molecule has 0 atom stereocenters. The Balaban J connectivity index is 0.00000121. The van der Waals surface area contributed by atoms with E-state index in [2.05, 4.69) is 15.3 Å². The largest absolute Gasteiger partial charge is 0.346 e. The number of rotatable bonds is 3. The van der Waals surface area contributed by atoms with Crippen molar-refractivity contribution in [2.45, 2.75) is 25.7 Å². The maximum atomic E-state index is 12.4. The molecule has 2 aromatic rings. The molecule has 0 unspecified atom stereocenters. The molecule has 0 bridgehead atoms. The third-order valence-electron chi connectivity index (χ3n) is 4.27.